The number of hydrogen-bond donors (Lipinski definition) is 1. The van der Waals surface area contributed by atoms with Crippen LogP contribution in [0.4, 0.5) is 0 Å². The summed E-state index contributed by atoms with van der Waals surface area (Å²) in [5.41, 5.74) is 5.31. The molecule has 3 nitrogen and oxygen atoms in total. The highest BCUT2D eigenvalue weighted by Crippen LogP contribution is 1.90. The summed E-state index contributed by atoms with van der Waals surface area (Å²) in [5.74, 6) is 0. The zero-order valence-electron chi connectivity index (χ0n) is 6.42. The number of rotatable bonds is 6. The zero-order chi connectivity index (χ0) is 8.69. The third-order valence-corrected chi connectivity index (χ3v) is 1.30. The van der Waals surface area contributed by atoms with Crippen molar-refractivity contribution in [3.8, 4) is 0 Å². The van der Waals surface area contributed by atoms with Crippen molar-refractivity contribution in [2.75, 3.05) is 26.2 Å². The highest BCUT2D eigenvalue weighted by Gasteiger charge is 2.04. The third kappa shape index (κ3) is 6.04. The lowest BCUT2D eigenvalue weighted by molar-refractivity contribution is -0.112. The van der Waals surface area contributed by atoms with Crippen LogP contribution in [-0.2, 0) is 4.79 Å². The van der Waals surface area contributed by atoms with Gasteiger partial charge in [-0.05, 0) is 11.6 Å². The van der Waals surface area contributed by atoms with Gasteiger partial charge in [-0.15, -0.1) is 6.58 Å². The van der Waals surface area contributed by atoms with Crippen LogP contribution in [0.3, 0.4) is 0 Å². The summed E-state index contributed by atoms with van der Waals surface area (Å²) in [6.07, 6.45) is 1.72. The molecule has 0 aromatic rings. The number of hydrogen-bond acceptors (Lipinski definition) is 3. The summed E-state index contributed by atoms with van der Waals surface area (Å²) in [4.78, 5) is 12.3. The van der Waals surface area contributed by atoms with Crippen molar-refractivity contribution in [3.63, 3.8) is 0 Å². The van der Waals surface area contributed by atoms with Crippen LogP contribution < -0.4 is 5.73 Å². The Kier molecular flexibility index (Phi) is 6.12. The van der Waals surface area contributed by atoms with Crippen LogP contribution in [0, 0.1) is 0 Å². The molecule has 11 heavy (non-hydrogen) atoms. The predicted octanol–water partition coefficient (Wildman–Crippen LogP) is 0.199. The molecule has 0 aliphatic rings. The molecule has 0 rings (SSSR count). The molecule has 0 unspecified atom stereocenters. The van der Waals surface area contributed by atoms with E-state index in [0.29, 0.717) is 19.6 Å². The fourth-order valence-corrected chi connectivity index (χ4v) is 0.945. The molecule has 0 atom stereocenters. The Morgan fingerprint density at radius 1 is 1.73 bits per heavy atom. The summed E-state index contributed by atoms with van der Waals surface area (Å²) in [7, 11) is 0. The molecule has 0 saturated heterocycles. The van der Waals surface area contributed by atoms with Crippen LogP contribution in [0.1, 0.15) is 0 Å². The second-order valence-electron chi connectivity index (χ2n) is 2.17. The minimum Gasteiger partial charge on any atom is -0.329 e. The molecular formula is C7H13ClN2O. The molecule has 2 N–H and O–H groups in total. The van der Waals surface area contributed by atoms with Crippen LogP contribution in [0.2, 0.25) is 0 Å². The maximum Gasteiger partial charge on any atom is 0.235 e. The third-order valence-electron chi connectivity index (χ3n) is 1.18. The Hall–Kier alpha value is -0.380. The molecule has 0 fully saturated rings. The molecule has 0 amide bonds. The van der Waals surface area contributed by atoms with E-state index >= 15 is 0 Å². The molecule has 0 aliphatic carbocycles. The van der Waals surface area contributed by atoms with E-state index in [1.807, 2.05) is 4.90 Å². The molecule has 64 valence electrons. The van der Waals surface area contributed by atoms with Gasteiger partial charge in [0.2, 0.25) is 5.24 Å². The quantitative estimate of drug-likeness (QED) is 0.465. The van der Waals surface area contributed by atoms with Gasteiger partial charge in [-0.2, -0.15) is 0 Å². The summed E-state index contributed by atoms with van der Waals surface area (Å²) in [6.45, 7) is 5.64. The molecule has 0 aromatic carbocycles. The first-order valence-electron chi connectivity index (χ1n) is 3.42. The first-order valence-corrected chi connectivity index (χ1v) is 3.80. The Morgan fingerprint density at radius 2 is 2.36 bits per heavy atom. The minimum atomic E-state index is -0.361. The van der Waals surface area contributed by atoms with Crippen molar-refractivity contribution in [2.24, 2.45) is 5.73 Å². The summed E-state index contributed by atoms with van der Waals surface area (Å²) in [6, 6.07) is 0. The normalized spacial score (nSPS) is 10.1. The zero-order valence-corrected chi connectivity index (χ0v) is 7.18. The lowest BCUT2D eigenvalue weighted by atomic mass is 10.4. The fraction of sp³-hybridized carbons (Fsp3) is 0.571. The first-order chi connectivity index (χ1) is 5.20. The lowest BCUT2D eigenvalue weighted by Crippen LogP contribution is -2.32. The molecule has 0 aliphatic heterocycles. The van der Waals surface area contributed by atoms with Crippen molar-refractivity contribution in [2.45, 2.75) is 0 Å². The van der Waals surface area contributed by atoms with Gasteiger partial charge in [0, 0.05) is 19.6 Å². The van der Waals surface area contributed by atoms with E-state index in [1.165, 1.54) is 0 Å². The van der Waals surface area contributed by atoms with E-state index in [0.717, 1.165) is 0 Å². The molecule has 0 spiro atoms. The van der Waals surface area contributed by atoms with Gasteiger partial charge in [0.25, 0.3) is 0 Å². The summed E-state index contributed by atoms with van der Waals surface area (Å²) < 4.78 is 0. The minimum absolute atomic E-state index is 0.241. The van der Waals surface area contributed by atoms with Crippen molar-refractivity contribution < 1.29 is 4.79 Å². The molecule has 0 bridgehead atoms. The smallest absolute Gasteiger partial charge is 0.235 e. The van der Waals surface area contributed by atoms with Crippen molar-refractivity contribution in [3.05, 3.63) is 12.7 Å². The molecule has 0 radical (unpaired) electrons. The maximum atomic E-state index is 10.5. The Labute approximate surface area is 71.8 Å². The second-order valence-corrected chi connectivity index (χ2v) is 2.59. The van der Waals surface area contributed by atoms with Gasteiger partial charge in [0.15, 0.2) is 0 Å². The van der Waals surface area contributed by atoms with E-state index in [9.17, 15) is 4.79 Å². The Bertz CT molecular complexity index is 138. The molecule has 4 heteroatoms. The monoisotopic (exact) mass is 176 g/mol. The van der Waals surface area contributed by atoms with E-state index in [2.05, 4.69) is 6.58 Å². The number of halogens is 1. The van der Waals surface area contributed by atoms with Gasteiger partial charge in [-0.1, -0.05) is 6.08 Å². The van der Waals surface area contributed by atoms with Crippen LogP contribution >= 0.6 is 11.6 Å². The second kappa shape index (κ2) is 6.34. The topological polar surface area (TPSA) is 46.3 Å². The molecular weight excluding hydrogens is 164 g/mol. The van der Waals surface area contributed by atoms with Gasteiger partial charge >= 0.3 is 0 Å². The van der Waals surface area contributed by atoms with Gasteiger partial charge < -0.3 is 5.73 Å². The fourth-order valence-electron chi connectivity index (χ4n) is 0.776. The average Bonchev–Trinajstić information content (AvgIpc) is 1.87. The van der Waals surface area contributed by atoms with Crippen LogP contribution in [-0.4, -0.2) is 36.3 Å². The van der Waals surface area contributed by atoms with Gasteiger partial charge in [0.05, 0.1) is 6.54 Å². The van der Waals surface area contributed by atoms with Gasteiger partial charge in [-0.25, -0.2) is 0 Å². The molecule has 0 aromatic heterocycles. The first kappa shape index (κ1) is 10.6. The Balaban J connectivity index is 3.67. The molecule has 0 saturated carbocycles. The SMILES string of the molecule is C=CCN(CCN)CC(=O)Cl. The van der Waals surface area contributed by atoms with Crippen LogP contribution in [0.5, 0.6) is 0 Å². The molecule has 0 heterocycles. The van der Waals surface area contributed by atoms with E-state index in [4.69, 9.17) is 17.3 Å². The van der Waals surface area contributed by atoms with Crippen molar-refractivity contribution in [1.29, 1.82) is 0 Å². The summed E-state index contributed by atoms with van der Waals surface area (Å²) in [5, 5.41) is -0.361. The number of nitrogens with zero attached hydrogens (tertiary/aromatic N) is 1. The van der Waals surface area contributed by atoms with Crippen LogP contribution in [0.25, 0.3) is 0 Å². The maximum absolute atomic E-state index is 10.5. The standard InChI is InChI=1S/C7H13ClN2O/c1-2-4-10(5-3-9)6-7(8)11/h2H,1,3-6,9H2. The van der Waals surface area contributed by atoms with E-state index < -0.39 is 0 Å². The van der Waals surface area contributed by atoms with E-state index in [-0.39, 0.29) is 11.8 Å². The highest BCUT2D eigenvalue weighted by atomic mass is 35.5. The summed E-state index contributed by atoms with van der Waals surface area (Å²) >= 11 is 5.19. The van der Waals surface area contributed by atoms with Crippen LogP contribution in [0.15, 0.2) is 12.7 Å². The largest absolute Gasteiger partial charge is 0.329 e. The van der Waals surface area contributed by atoms with Crippen molar-refractivity contribution in [1.82, 2.24) is 4.90 Å². The van der Waals surface area contributed by atoms with Crippen molar-refractivity contribution >= 4 is 16.8 Å². The number of carbonyl (C=O) groups excluding carboxylic acids is 1. The van der Waals surface area contributed by atoms with E-state index in [1.54, 1.807) is 6.08 Å². The van der Waals surface area contributed by atoms with Gasteiger partial charge in [-0.3, -0.25) is 9.69 Å². The lowest BCUT2D eigenvalue weighted by Gasteiger charge is -2.16. The van der Waals surface area contributed by atoms with Gasteiger partial charge in [0.1, 0.15) is 0 Å². The average molecular weight is 177 g/mol. The Morgan fingerprint density at radius 3 is 2.73 bits per heavy atom. The predicted molar refractivity (Wildman–Crippen MR) is 46.6 cm³/mol. The number of carbonyl (C=O) groups is 1. The highest BCUT2D eigenvalue weighted by molar-refractivity contribution is 6.64. The number of nitrogens with two attached hydrogens (primary N) is 1.